The number of hydrogen-bond donors (Lipinski definition) is 4. The van der Waals surface area contributed by atoms with E-state index >= 15 is 0 Å². The summed E-state index contributed by atoms with van der Waals surface area (Å²) in [5.41, 5.74) is 6.07. The van der Waals surface area contributed by atoms with Gasteiger partial charge in [0.2, 0.25) is 0 Å². The van der Waals surface area contributed by atoms with Gasteiger partial charge in [0.15, 0.2) is 5.11 Å². The van der Waals surface area contributed by atoms with Crippen molar-refractivity contribution in [3.05, 3.63) is 71.9 Å². The molecule has 10 heteroatoms. The SMILES string of the molecule is COC(=O)/C=C(/Nc1ccccc1C(=O)NNC(=S)Nc1ccccc1)C(=O)OC. The summed E-state index contributed by atoms with van der Waals surface area (Å²) >= 11 is 5.14. The first-order valence-electron chi connectivity index (χ1n) is 8.61. The molecule has 0 bridgehead atoms. The van der Waals surface area contributed by atoms with Crippen LogP contribution in [0.4, 0.5) is 11.4 Å². The number of hydrogen-bond acceptors (Lipinski definition) is 7. The fourth-order valence-electron chi connectivity index (χ4n) is 2.23. The Kier molecular flexibility index (Phi) is 8.33. The molecule has 9 nitrogen and oxygen atoms in total. The maximum Gasteiger partial charge on any atom is 0.354 e. The Bertz CT molecular complexity index is 963. The van der Waals surface area contributed by atoms with Gasteiger partial charge in [0.1, 0.15) is 5.70 Å². The standard InChI is InChI=1S/C20H20N4O5S/c1-28-17(25)12-16(19(27)29-2)22-15-11-7-6-10-14(15)18(26)23-24-20(30)21-13-8-4-3-5-9-13/h3-12,22H,1-2H3,(H,23,26)(H2,21,24,30)/b16-12+. The third-order valence-electron chi connectivity index (χ3n) is 3.63. The highest BCUT2D eigenvalue weighted by Gasteiger charge is 2.17. The topological polar surface area (TPSA) is 118 Å². The zero-order valence-electron chi connectivity index (χ0n) is 16.2. The minimum Gasteiger partial charge on any atom is -0.466 e. The van der Waals surface area contributed by atoms with E-state index in [4.69, 9.17) is 12.2 Å². The summed E-state index contributed by atoms with van der Waals surface area (Å²) in [6, 6.07) is 15.6. The van der Waals surface area contributed by atoms with Crippen molar-refractivity contribution in [2.45, 2.75) is 0 Å². The molecule has 0 aliphatic carbocycles. The van der Waals surface area contributed by atoms with Gasteiger partial charge in [0.05, 0.1) is 31.5 Å². The van der Waals surface area contributed by atoms with Gasteiger partial charge >= 0.3 is 11.9 Å². The monoisotopic (exact) mass is 428 g/mol. The normalized spacial score (nSPS) is 10.4. The van der Waals surface area contributed by atoms with E-state index in [-0.39, 0.29) is 22.1 Å². The molecule has 4 N–H and O–H groups in total. The van der Waals surface area contributed by atoms with Crippen molar-refractivity contribution in [1.29, 1.82) is 0 Å². The number of amides is 1. The fourth-order valence-corrected chi connectivity index (χ4v) is 2.40. The lowest BCUT2D eigenvalue weighted by molar-refractivity contribution is -0.138. The first kappa shape index (κ1) is 22.4. The van der Waals surface area contributed by atoms with Gasteiger partial charge in [0.25, 0.3) is 5.91 Å². The number of para-hydroxylation sites is 2. The lowest BCUT2D eigenvalue weighted by atomic mass is 10.1. The van der Waals surface area contributed by atoms with Gasteiger partial charge in [-0.1, -0.05) is 30.3 Å². The number of carbonyl (C=O) groups is 3. The Balaban J connectivity index is 2.10. The number of anilines is 2. The molecule has 0 radical (unpaired) electrons. The first-order valence-corrected chi connectivity index (χ1v) is 9.01. The maximum atomic E-state index is 12.6. The van der Waals surface area contributed by atoms with Crippen LogP contribution < -0.4 is 21.5 Å². The van der Waals surface area contributed by atoms with Gasteiger partial charge in [-0.3, -0.25) is 15.6 Å². The molecule has 0 aliphatic heterocycles. The molecule has 0 aromatic heterocycles. The number of carbonyl (C=O) groups excluding carboxylic acids is 3. The number of ether oxygens (including phenoxy) is 2. The second-order valence-electron chi connectivity index (χ2n) is 5.64. The molecule has 0 heterocycles. The molecule has 0 spiro atoms. The molecule has 1 amide bonds. The molecule has 2 rings (SSSR count). The second-order valence-corrected chi connectivity index (χ2v) is 6.05. The van der Waals surface area contributed by atoms with Crippen LogP contribution in [0.3, 0.4) is 0 Å². The zero-order valence-corrected chi connectivity index (χ0v) is 17.0. The van der Waals surface area contributed by atoms with E-state index in [1.54, 1.807) is 18.2 Å². The van der Waals surface area contributed by atoms with Crippen LogP contribution in [0.15, 0.2) is 66.4 Å². The minimum absolute atomic E-state index is 0.181. The molecule has 0 saturated carbocycles. The van der Waals surface area contributed by atoms with Gasteiger partial charge in [0, 0.05) is 5.69 Å². The van der Waals surface area contributed by atoms with Crippen molar-refractivity contribution in [2.24, 2.45) is 0 Å². The highest BCUT2D eigenvalue weighted by atomic mass is 32.1. The molecule has 0 saturated heterocycles. The highest BCUT2D eigenvalue weighted by molar-refractivity contribution is 7.80. The van der Waals surface area contributed by atoms with Gasteiger partial charge in [-0.15, -0.1) is 0 Å². The molecule has 30 heavy (non-hydrogen) atoms. The van der Waals surface area contributed by atoms with Gasteiger partial charge in [-0.25, -0.2) is 9.59 Å². The summed E-state index contributed by atoms with van der Waals surface area (Å²) in [7, 11) is 2.34. The first-order chi connectivity index (χ1) is 14.4. The predicted molar refractivity (Wildman–Crippen MR) is 115 cm³/mol. The maximum absolute atomic E-state index is 12.6. The lowest BCUT2D eigenvalue weighted by Gasteiger charge is -2.15. The van der Waals surface area contributed by atoms with Crippen LogP contribution in [0.5, 0.6) is 0 Å². The van der Waals surface area contributed by atoms with Crippen molar-refractivity contribution in [2.75, 3.05) is 24.9 Å². The van der Waals surface area contributed by atoms with Gasteiger partial charge in [-0.05, 0) is 36.5 Å². The predicted octanol–water partition coefficient (Wildman–Crippen LogP) is 1.96. The molecule has 2 aromatic carbocycles. The second kappa shape index (κ2) is 11.2. The highest BCUT2D eigenvalue weighted by Crippen LogP contribution is 2.17. The molecule has 0 atom stereocenters. The summed E-state index contributed by atoms with van der Waals surface area (Å²) in [5.74, 6) is -2.09. The Hall–Kier alpha value is -3.92. The summed E-state index contributed by atoms with van der Waals surface area (Å²) in [5, 5.41) is 5.82. The summed E-state index contributed by atoms with van der Waals surface area (Å²) < 4.78 is 9.18. The lowest BCUT2D eigenvalue weighted by Crippen LogP contribution is -2.43. The fraction of sp³-hybridized carbons (Fsp3) is 0.100. The van der Waals surface area contributed by atoms with Crippen LogP contribution in [0.2, 0.25) is 0 Å². The van der Waals surface area contributed by atoms with Gasteiger partial charge < -0.3 is 20.1 Å². The molecular weight excluding hydrogens is 408 g/mol. The third-order valence-corrected chi connectivity index (χ3v) is 3.84. The summed E-state index contributed by atoms with van der Waals surface area (Å²) in [4.78, 5) is 36.1. The van der Waals surface area contributed by atoms with E-state index in [1.165, 1.54) is 20.3 Å². The molecule has 0 aliphatic rings. The number of esters is 2. The molecular formula is C20H20N4O5S. The van der Waals surface area contributed by atoms with E-state index in [9.17, 15) is 14.4 Å². The van der Waals surface area contributed by atoms with Gasteiger partial charge in [-0.2, -0.15) is 0 Å². The van der Waals surface area contributed by atoms with Crippen molar-refractivity contribution in [3.63, 3.8) is 0 Å². The average Bonchev–Trinajstić information content (AvgIpc) is 2.77. The Morgan fingerprint density at radius 3 is 2.20 bits per heavy atom. The van der Waals surface area contributed by atoms with E-state index in [2.05, 4.69) is 31.0 Å². The largest absolute Gasteiger partial charge is 0.466 e. The van der Waals surface area contributed by atoms with E-state index in [0.717, 1.165) is 11.8 Å². The van der Waals surface area contributed by atoms with E-state index < -0.39 is 17.8 Å². The summed E-state index contributed by atoms with van der Waals surface area (Å²) in [6.45, 7) is 0. The van der Waals surface area contributed by atoms with Crippen LogP contribution in [0.1, 0.15) is 10.4 Å². The van der Waals surface area contributed by atoms with Crippen molar-refractivity contribution >= 4 is 46.6 Å². The minimum atomic E-state index is -0.804. The zero-order chi connectivity index (χ0) is 21.9. The molecule has 156 valence electrons. The summed E-state index contributed by atoms with van der Waals surface area (Å²) in [6.07, 6.45) is 0.928. The molecule has 0 unspecified atom stereocenters. The number of rotatable bonds is 6. The molecule has 0 fully saturated rings. The van der Waals surface area contributed by atoms with Crippen molar-refractivity contribution in [1.82, 2.24) is 10.9 Å². The van der Waals surface area contributed by atoms with Crippen LogP contribution in [0, 0.1) is 0 Å². The Labute approximate surface area is 178 Å². The number of hydrazine groups is 1. The smallest absolute Gasteiger partial charge is 0.354 e. The number of thiocarbonyl (C=S) groups is 1. The number of nitrogens with one attached hydrogen (secondary N) is 4. The average molecular weight is 428 g/mol. The third kappa shape index (κ3) is 6.60. The van der Waals surface area contributed by atoms with Crippen LogP contribution >= 0.6 is 12.2 Å². The van der Waals surface area contributed by atoms with E-state index in [0.29, 0.717) is 0 Å². The number of methoxy groups -OCH3 is 2. The van der Waals surface area contributed by atoms with E-state index in [1.807, 2.05) is 30.3 Å². The van der Waals surface area contributed by atoms with Crippen LogP contribution in [-0.4, -0.2) is 37.2 Å². The Morgan fingerprint density at radius 1 is 0.867 bits per heavy atom. The van der Waals surface area contributed by atoms with Crippen molar-refractivity contribution < 1.29 is 23.9 Å². The van der Waals surface area contributed by atoms with Crippen LogP contribution in [0.25, 0.3) is 0 Å². The van der Waals surface area contributed by atoms with Crippen molar-refractivity contribution in [3.8, 4) is 0 Å². The number of benzene rings is 2. The van der Waals surface area contributed by atoms with Crippen LogP contribution in [-0.2, 0) is 19.1 Å². The Morgan fingerprint density at radius 2 is 1.53 bits per heavy atom. The quantitative estimate of drug-likeness (QED) is 0.237. The molecule has 2 aromatic rings.